The van der Waals surface area contributed by atoms with Crippen LogP contribution >= 0.6 is 11.3 Å². The van der Waals surface area contributed by atoms with Gasteiger partial charge in [-0.2, -0.15) is 5.10 Å². The third kappa shape index (κ3) is 2.58. The van der Waals surface area contributed by atoms with Gasteiger partial charge in [-0.1, -0.05) is 6.42 Å². The van der Waals surface area contributed by atoms with Crippen LogP contribution in [0.3, 0.4) is 0 Å². The highest BCUT2D eigenvalue weighted by Crippen LogP contribution is 2.40. The van der Waals surface area contributed by atoms with Crippen molar-refractivity contribution >= 4 is 33.4 Å². The number of hydrogen-bond acceptors (Lipinski definition) is 4. The first-order chi connectivity index (χ1) is 10.8. The Hall–Kier alpha value is -2.03. The molecule has 0 radical (unpaired) electrons. The summed E-state index contributed by atoms with van der Waals surface area (Å²) in [7, 11) is 1.54. The quantitative estimate of drug-likeness (QED) is 0.874. The van der Waals surface area contributed by atoms with Gasteiger partial charge in [-0.05, 0) is 18.9 Å². The Morgan fingerprint density at radius 2 is 2.22 bits per heavy atom. The highest BCUT2D eigenvalue weighted by Gasteiger charge is 2.44. The van der Waals surface area contributed by atoms with Crippen LogP contribution in [0.1, 0.15) is 41.1 Å². The van der Waals surface area contributed by atoms with E-state index in [2.05, 4.69) is 10.4 Å². The fourth-order valence-corrected chi connectivity index (χ4v) is 3.74. The van der Waals surface area contributed by atoms with Crippen molar-refractivity contribution in [3.8, 4) is 0 Å². The first-order valence-corrected chi connectivity index (χ1v) is 7.92. The molecule has 0 spiro atoms. The summed E-state index contributed by atoms with van der Waals surface area (Å²) in [4.78, 5) is 24.2. The van der Waals surface area contributed by atoms with E-state index in [1.807, 2.05) is 0 Å². The number of aliphatic carboxylic acids is 1. The zero-order valence-electron chi connectivity index (χ0n) is 12.3. The van der Waals surface area contributed by atoms with Crippen molar-refractivity contribution < 1.29 is 23.5 Å². The zero-order chi connectivity index (χ0) is 16.8. The number of carbonyl (C=O) groups excluding carboxylic acids is 1. The van der Waals surface area contributed by atoms with Crippen molar-refractivity contribution in [3.63, 3.8) is 0 Å². The van der Waals surface area contributed by atoms with Crippen LogP contribution in [0, 0.1) is 5.41 Å². The van der Waals surface area contributed by atoms with Crippen molar-refractivity contribution in [3.05, 3.63) is 16.6 Å². The molecule has 1 saturated carbocycles. The molecule has 2 aromatic rings. The minimum absolute atomic E-state index is 0.0510. The number of alkyl halides is 2. The maximum Gasteiger partial charge on any atom is 0.311 e. The van der Waals surface area contributed by atoms with Crippen molar-refractivity contribution in [2.45, 2.75) is 25.7 Å². The van der Waals surface area contributed by atoms with Gasteiger partial charge in [0, 0.05) is 19.0 Å². The zero-order valence-corrected chi connectivity index (χ0v) is 13.1. The molecule has 1 aliphatic rings. The monoisotopic (exact) mass is 343 g/mol. The number of carboxylic acid groups (broad SMARTS) is 1. The summed E-state index contributed by atoms with van der Waals surface area (Å²) in [6.45, 7) is 0.0510. The van der Waals surface area contributed by atoms with Crippen LogP contribution in [0.15, 0.2) is 6.07 Å². The van der Waals surface area contributed by atoms with Crippen molar-refractivity contribution in [2.75, 3.05) is 6.54 Å². The van der Waals surface area contributed by atoms with E-state index in [1.165, 1.54) is 10.7 Å². The maximum atomic E-state index is 12.9. The van der Waals surface area contributed by atoms with E-state index in [-0.39, 0.29) is 22.5 Å². The predicted molar refractivity (Wildman–Crippen MR) is 79.8 cm³/mol. The van der Waals surface area contributed by atoms with E-state index in [1.54, 1.807) is 7.05 Å². The number of rotatable bonds is 5. The second-order valence-corrected chi connectivity index (χ2v) is 6.79. The SMILES string of the molecule is Cn1nc(C(F)F)c2cc(C(=O)NCC3(C(=O)O)CCC3)sc21. The second-order valence-electron chi connectivity index (χ2n) is 5.76. The summed E-state index contributed by atoms with van der Waals surface area (Å²) in [5, 5.41) is 15.9. The molecule has 0 saturated heterocycles. The number of amides is 1. The number of carbonyl (C=O) groups is 2. The molecule has 124 valence electrons. The lowest BCUT2D eigenvalue weighted by molar-refractivity contribution is -0.153. The van der Waals surface area contributed by atoms with E-state index in [9.17, 15) is 23.5 Å². The number of fused-ring (bicyclic) bond motifs is 1. The normalized spacial score (nSPS) is 16.5. The van der Waals surface area contributed by atoms with E-state index >= 15 is 0 Å². The fourth-order valence-electron chi connectivity index (χ4n) is 2.75. The van der Waals surface area contributed by atoms with Gasteiger partial charge in [-0.15, -0.1) is 11.3 Å². The maximum absolute atomic E-state index is 12.9. The average molecular weight is 343 g/mol. The van der Waals surface area contributed by atoms with Crippen LogP contribution in [-0.4, -0.2) is 33.3 Å². The number of thiophene rings is 1. The molecule has 1 amide bonds. The van der Waals surface area contributed by atoms with Crippen LogP contribution in [-0.2, 0) is 11.8 Å². The van der Waals surface area contributed by atoms with Gasteiger partial charge < -0.3 is 10.4 Å². The Bertz CT molecular complexity index is 780. The fraction of sp³-hybridized carbons (Fsp3) is 0.500. The minimum atomic E-state index is -2.71. The number of halogens is 2. The summed E-state index contributed by atoms with van der Waals surface area (Å²) < 4.78 is 27.2. The van der Waals surface area contributed by atoms with Gasteiger partial charge in [0.05, 0.1) is 10.3 Å². The molecule has 23 heavy (non-hydrogen) atoms. The summed E-state index contributed by atoms with van der Waals surface area (Å²) in [6.07, 6.45) is -0.813. The molecule has 2 heterocycles. The third-order valence-corrected chi connectivity index (χ3v) is 5.52. The summed E-state index contributed by atoms with van der Waals surface area (Å²) in [6, 6.07) is 1.39. The number of nitrogens with zero attached hydrogens (tertiary/aromatic N) is 2. The highest BCUT2D eigenvalue weighted by atomic mass is 32.1. The number of aromatic nitrogens is 2. The lowest BCUT2D eigenvalue weighted by Crippen LogP contribution is -2.47. The Labute approximate surface area is 134 Å². The molecule has 0 atom stereocenters. The molecule has 3 rings (SSSR count). The van der Waals surface area contributed by atoms with E-state index in [0.29, 0.717) is 17.7 Å². The molecule has 0 unspecified atom stereocenters. The molecule has 0 aromatic carbocycles. The summed E-state index contributed by atoms with van der Waals surface area (Å²) in [5.41, 5.74) is -1.24. The molecule has 6 nitrogen and oxygen atoms in total. The van der Waals surface area contributed by atoms with Crippen molar-refractivity contribution in [2.24, 2.45) is 12.5 Å². The molecule has 0 bridgehead atoms. The van der Waals surface area contributed by atoms with Crippen LogP contribution in [0.4, 0.5) is 8.78 Å². The Morgan fingerprint density at radius 1 is 1.52 bits per heavy atom. The van der Waals surface area contributed by atoms with Crippen molar-refractivity contribution in [1.82, 2.24) is 15.1 Å². The number of aryl methyl sites for hydroxylation is 1. The topological polar surface area (TPSA) is 84.2 Å². The van der Waals surface area contributed by atoms with Gasteiger partial charge in [0.25, 0.3) is 12.3 Å². The molecule has 1 fully saturated rings. The van der Waals surface area contributed by atoms with Gasteiger partial charge in [0.15, 0.2) is 0 Å². The molecular weight excluding hydrogens is 328 g/mol. The predicted octanol–water partition coefficient (Wildman–Crippen LogP) is 2.56. The van der Waals surface area contributed by atoms with Gasteiger partial charge in [0.2, 0.25) is 0 Å². The Balaban J connectivity index is 1.79. The number of carboxylic acids is 1. The Morgan fingerprint density at radius 3 is 2.74 bits per heavy atom. The summed E-state index contributed by atoms with van der Waals surface area (Å²) in [5.74, 6) is -1.36. The van der Waals surface area contributed by atoms with Gasteiger partial charge in [-0.3, -0.25) is 14.3 Å². The van der Waals surface area contributed by atoms with Gasteiger partial charge in [-0.25, -0.2) is 8.78 Å². The molecule has 0 aliphatic heterocycles. The van der Waals surface area contributed by atoms with Crippen molar-refractivity contribution in [1.29, 1.82) is 0 Å². The lowest BCUT2D eigenvalue weighted by atomic mass is 9.69. The van der Waals surface area contributed by atoms with Gasteiger partial charge in [0.1, 0.15) is 10.5 Å². The minimum Gasteiger partial charge on any atom is -0.481 e. The lowest BCUT2D eigenvalue weighted by Gasteiger charge is -2.37. The van der Waals surface area contributed by atoms with E-state index in [0.717, 1.165) is 17.8 Å². The van der Waals surface area contributed by atoms with Crippen LogP contribution < -0.4 is 5.32 Å². The van der Waals surface area contributed by atoms with Crippen LogP contribution in [0.25, 0.3) is 10.2 Å². The molecular formula is C14H15F2N3O3S. The number of nitrogens with one attached hydrogen (secondary N) is 1. The smallest absolute Gasteiger partial charge is 0.311 e. The van der Waals surface area contributed by atoms with Crippen LogP contribution in [0.2, 0.25) is 0 Å². The van der Waals surface area contributed by atoms with Gasteiger partial charge >= 0.3 is 5.97 Å². The summed E-state index contributed by atoms with van der Waals surface area (Å²) >= 11 is 1.06. The molecule has 2 N–H and O–H groups in total. The van der Waals surface area contributed by atoms with E-state index < -0.39 is 23.7 Å². The second kappa shape index (κ2) is 5.55. The highest BCUT2D eigenvalue weighted by molar-refractivity contribution is 7.20. The average Bonchev–Trinajstić information content (AvgIpc) is 2.98. The molecule has 2 aromatic heterocycles. The first-order valence-electron chi connectivity index (χ1n) is 7.10. The largest absolute Gasteiger partial charge is 0.481 e. The molecule has 9 heteroatoms. The van der Waals surface area contributed by atoms with Crippen LogP contribution in [0.5, 0.6) is 0 Å². The Kier molecular flexibility index (Phi) is 3.83. The third-order valence-electron chi connectivity index (χ3n) is 4.32. The van der Waals surface area contributed by atoms with E-state index in [4.69, 9.17) is 0 Å². The standard InChI is InChI=1S/C14H15F2N3O3S/c1-19-12-7(9(18-19)10(15)16)5-8(23-12)11(20)17-6-14(13(21)22)3-2-4-14/h5,10H,2-4,6H2,1H3,(H,17,20)(H,21,22). The first kappa shape index (κ1) is 15.9. The number of hydrogen-bond donors (Lipinski definition) is 2. The molecule has 1 aliphatic carbocycles.